The summed E-state index contributed by atoms with van der Waals surface area (Å²) in [6.07, 6.45) is 3.25. The molecule has 0 radical (unpaired) electrons. The van der Waals surface area contributed by atoms with Crippen molar-refractivity contribution in [3.63, 3.8) is 0 Å². The molecule has 18 heavy (non-hydrogen) atoms. The Bertz CT molecular complexity index is 368. The van der Waals surface area contributed by atoms with Crippen molar-refractivity contribution < 1.29 is 0 Å². The molecule has 0 fully saturated rings. The lowest BCUT2D eigenvalue weighted by Crippen LogP contribution is -2.37. The average Bonchev–Trinajstić information content (AvgIpc) is 2.35. The van der Waals surface area contributed by atoms with Gasteiger partial charge in [0.15, 0.2) is 5.11 Å². The van der Waals surface area contributed by atoms with E-state index in [1.807, 2.05) is 23.9 Å². The van der Waals surface area contributed by atoms with E-state index < -0.39 is 0 Å². The number of rotatable bonds is 6. The van der Waals surface area contributed by atoms with E-state index in [4.69, 9.17) is 12.2 Å². The summed E-state index contributed by atoms with van der Waals surface area (Å²) in [7, 11) is 0. The summed E-state index contributed by atoms with van der Waals surface area (Å²) in [5.74, 6) is 1.16. The van der Waals surface area contributed by atoms with Crippen LogP contribution in [0.25, 0.3) is 0 Å². The fourth-order valence-corrected chi connectivity index (χ4v) is 2.48. The van der Waals surface area contributed by atoms with Gasteiger partial charge in [-0.25, -0.2) is 0 Å². The number of nitrogens with one attached hydrogen (secondary N) is 2. The Morgan fingerprint density at radius 3 is 2.67 bits per heavy atom. The molecule has 2 nitrogen and oxygen atoms in total. The third-order valence-corrected chi connectivity index (χ3v) is 4.02. The highest BCUT2D eigenvalue weighted by Crippen LogP contribution is 2.16. The summed E-state index contributed by atoms with van der Waals surface area (Å²) in [6.45, 7) is 3.04. The predicted octanol–water partition coefficient (Wildman–Crippen LogP) is 3.73. The number of benzene rings is 1. The highest BCUT2D eigenvalue weighted by molar-refractivity contribution is 9.10. The molecule has 1 aromatic carbocycles. The van der Waals surface area contributed by atoms with Gasteiger partial charge in [0.2, 0.25) is 0 Å². The first-order valence-electron chi connectivity index (χ1n) is 5.92. The number of halogens is 1. The van der Waals surface area contributed by atoms with E-state index in [0.29, 0.717) is 0 Å². The van der Waals surface area contributed by atoms with E-state index in [-0.39, 0.29) is 6.04 Å². The van der Waals surface area contributed by atoms with Crippen LogP contribution >= 0.6 is 39.9 Å². The first kappa shape index (κ1) is 15.8. The van der Waals surface area contributed by atoms with Crippen molar-refractivity contribution in [2.75, 3.05) is 18.6 Å². The minimum atomic E-state index is 0.221. The molecule has 1 rings (SSSR count). The first-order valence-corrected chi connectivity index (χ1v) is 8.51. The van der Waals surface area contributed by atoms with Gasteiger partial charge < -0.3 is 10.6 Å². The van der Waals surface area contributed by atoms with Crippen molar-refractivity contribution >= 4 is 45.0 Å². The monoisotopic (exact) mass is 346 g/mol. The molecule has 0 aromatic heterocycles. The SMILES string of the molecule is CSCCCNC(=S)N[C@H](C)c1ccc(Br)cc1. The molecule has 0 spiro atoms. The summed E-state index contributed by atoms with van der Waals surface area (Å²) in [4.78, 5) is 0. The Labute approximate surface area is 127 Å². The van der Waals surface area contributed by atoms with E-state index in [1.54, 1.807) is 0 Å². The Hall–Kier alpha value is -0.260. The van der Waals surface area contributed by atoms with Crippen LogP contribution in [-0.2, 0) is 0 Å². The zero-order valence-electron chi connectivity index (χ0n) is 10.7. The Kier molecular flexibility index (Phi) is 7.70. The Balaban J connectivity index is 2.33. The minimum absolute atomic E-state index is 0.221. The topological polar surface area (TPSA) is 24.1 Å². The van der Waals surface area contributed by atoms with Crippen LogP contribution in [-0.4, -0.2) is 23.7 Å². The molecular weight excluding hydrogens is 328 g/mol. The van der Waals surface area contributed by atoms with Gasteiger partial charge in [0.05, 0.1) is 6.04 Å². The summed E-state index contributed by atoms with van der Waals surface area (Å²) in [6, 6.07) is 8.50. The minimum Gasteiger partial charge on any atom is -0.363 e. The van der Waals surface area contributed by atoms with Crippen molar-refractivity contribution in [2.24, 2.45) is 0 Å². The Morgan fingerprint density at radius 1 is 1.39 bits per heavy atom. The van der Waals surface area contributed by atoms with Crippen LogP contribution in [0.2, 0.25) is 0 Å². The zero-order chi connectivity index (χ0) is 13.4. The van der Waals surface area contributed by atoms with E-state index in [1.165, 1.54) is 5.56 Å². The van der Waals surface area contributed by atoms with Crippen molar-refractivity contribution in [1.29, 1.82) is 0 Å². The van der Waals surface area contributed by atoms with Gasteiger partial charge >= 0.3 is 0 Å². The highest BCUT2D eigenvalue weighted by atomic mass is 79.9. The van der Waals surface area contributed by atoms with Crippen LogP contribution in [0.3, 0.4) is 0 Å². The summed E-state index contributed by atoms with van der Waals surface area (Å²) in [5.41, 5.74) is 1.23. The fourth-order valence-electron chi connectivity index (χ4n) is 1.50. The molecule has 2 N–H and O–H groups in total. The molecule has 0 unspecified atom stereocenters. The van der Waals surface area contributed by atoms with Gasteiger partial charge in [-0.1, -0.05) is 28.1 Å². The molecular formula is C13H19BrN2S2. The second kappa shape index (κ2) is 8.77. The van der Waals surface area contributed by atoms with Gasteiger partial charge in [0.1, 0.15) is 0 Å². The third kappa shape index (κ3) is 6.07. The van der Waals surface area contributed by atoms with Crippen LogP contribution in [0.1, 0.15) is 24.9 Å². The van der Waals surface area contributed by atoms with Crippen molar-refractivity contribution in [3.8, 4) is 0 Å². The largest absolute Gasteiger partial charge is 0.363 e. The Morgan fingerprint density at radius 2 is 2.06 bits per heavy atom. The molecule has 100 valence electrons. The lowest BCUT2D eigenvalue weighted by atomic mass is 10.1. The second-order valence-electron chi connectivity index (χ2n) is 4.02. The predicted molar refractivity (Wildman–Crippen MR) is 89.3 cm³/mol. The van der Waals surface area contributed by atoms with Gasteiger partial charge in [-0.2, -0.15) is 11.8 Å². The van der Waals surface area contributed by atoms with E-state index in [0.717, 1.165) is 28.3 Å². The smallest absolute Gasteiger partial charge is 0.166 e. The van der Waals surface area contributed by atoms with Crippen molar-refractivity contribution in [3.05, 3.63) is 34.3 Å². The third-order valence-electron chi connectivity index (χ3n) is 2.53. The molecule has 1 aromatic rings. The maximum Gasteiger partial charge on any atom is 0.166 e. The summed E-state index contributed by atoms with van der Waals surface area (Å²) in [5, 5.41) is 7.25. The summed E-state index contributed by atoms with van der Waals surface area (Å²) < 4.78 is 1.09. The lowest BCUT2D eigenvalue weighted by Gasteiger charge is -2.17. The van der Waals surface area contributed by atoms with Crippen LogP contribution in [0.15, 0.2) is 28.7 Å². The van der Waals surface area contributed by atoms with Crippen molar-refractivity contribution in [2.45, 2.75) is 19.4 Å². The van der Waals surface area contributed by atoms with Gasteiger partial charge in [-0.3, -0.25) is 0 Å². The van der Waals surface area contributed by atoms with Gasteiger partial charge in [0.25, 0.3) is 0 Å². The van der Waals surface area contributed by atoms with E-state index in [2.05, 4.69) is 51.9 Å². The second-order valence-corrected chi connectivity index (χ2v) is 6.33. The molecule has 0 aliphatic heterocycles. The summed E-state index contributed by atoms with van der Waals surface area (Å²) >= 11 is 10.6. The van der Waals surface area contributed by atoms with Crippen LogP contribution in [0, 0.1) is 0 Å². The molecule has 0 saturated carbocycles. The van der Waals surface area contributed by atoms with Gasteiger partial charge in [-0.15, -0.1) is 0 Å². The standard InChI is InChI=1S/C13H19BrN2S2/c1-10(11-4-6-12(14)7-5-11)16-13(17)15-8-3-9-18-2/h4-7,10H,3,8-9H2,1-2H3,(H2,15,16,17)/t10-/m1/s1. The lowest BCUT2D eigenvalue weighted by molar-refractivity contribution is 0.695. The molecule has 0 aliphatic rings. The molecule has 5 heteroatoms. The van der Waals surface area contributed by atoms with Gasteiger partial charge in [0, 0.05) is 11.0 Å². The average molecular weight is 347 g/mol. The number of thioether (sulfide) groups is 1. The molecule has 1 atom stereocenters. The quantitative estimate of drug-likeness (QED) is 0.605. The highest BCUT2D eigenvalue weighted by Gasteiger charge is 2.06. The molecule has 0 aliphatic carbocycles. The van der Waals surface area contributed by atoms with Crippen LogP contribution in [0.4, 0.5) is 0 Å². The zero-order valence-corrected chi connectivity index (χ0v) is 13.9. The van der Waals surface area contributed by atoms with E-state index >= 15 is 0 Å². The first-order chi connectivity index (χ1) is 8.63. The molecule has 0 heterocycles. The molecule has 0 saturated heterocycles. The number of hydrogen-bond acceptors (Lipinski definition) is 2. The fraction of sp³-hybridized carbons (Fsp3) is 0.462. The van der Waals surface area contributed by atoms with Crippen molar-refractivity contribution in [1.82, 2.24) is 10.6 Å². The maximum absolute atomic E-state index is 5.27. The maximum atomic E-state index is 5.27. The number of hydrogen-bond donors (Lipinski definition) is 2. The van der Waals surface area contributed by atoms with Gasteiger partial charge in [-0.05, 0) is 55.3 Å². The van der Waals surface area contributed by atoms with E-state index in [9.17, 15) is 0 Å². The molecule has 0 amide bonds. The van der Waals surface area contributed by atoms with Crippen LogP contribution in [0.5, 0.6) is 0 Å². The normalized spacial score (nSPS) is 11.9. The molecule has 0 bridgehead atoms. The number of thiocarbonyl (C=S) groups is 1. The van der Waals surface area contributed by atoms with Crippen LogP contribution < -0.4 is 10.6 Å².